The van der Waals surface area contributed by atoms with E-state index in [9.17, 15) is 5.11 Å². The number of phenolic OH excluding ortho intramolecular Hbond substituents is 1. The Labute approximate surface area is 112 Å². The standard InChI is InChI=1S/C13H15Cl2NO/c1-2-3-4-5-6-16-9-10-7-11(14)8-12(15)13(10)17/h1,7-8,16-17H,3-6,9H2. The van der Waals surface area contributed by atoms with E-state index in [2.05, 4.69) is 11.2 Å². The van der Waals surface area contributed by atoms with Crippen LogP contribution in [0.5, 0.6) is 5.75 Å². The molecule has 0 saturated carbocycles. The molecule has 0 radical (unpaired) electrons. The van der Waals surface area contributed by atoms with E-state index in [0.717, 1.165) is 25.8 Å². The van der Waals surface area contributed by atoms with Crippen LogP contribution in [-0.4, -0.2) is 11.7 Å². The van der Waals surface area contributed by atoms with Crippen molar-refractivity contribution in [1.29, 1.82) is 0 Å². The Balaban J connectivity index is 2.39. The predicted molar refractivity (Wildman–Crippen MR) is 72.5 cm³/mol. The lowest BCUT2D eigenvalue weighted by Crippen LogP contribution is -2.14. The van der Waals surface area contributed by atoms with Gasteiger partial charge in [-0.2, -0.15) is 0 Å². The number of hydrogen-bond acceptors (Lipinski definition) is 2. The molecule has 1 aromatic carbocycles. The number of hydrogen-bond donors (Lipinski definition) is 2. The topological polar surface area (TPSA) is 32.3 Å². The van der Waals surface area contributed by atoms with Crippen LogP contribution in [0.1, 0.15) is 24.8 Å². The minimum absolute atomic E-state index is 0.0900. The normalized spacial score (nSPS) is 10.2. The summed E-state index contributed by atoms with van der Waals surface area (Å²) in [6, 6.07) is 3.23. The van der Waals surface area contributed by atoms with Gasteiger partial charge in [-0.05, 0) is 31.5 Å². The molecule has 2 N–H and O–H groups in total. The van der Waals surface area contributed by atoms with Crippen molar-refractivity contribution < 1.29 is 5.11 Å². The van der Waals surface area contributed by atoms with Crippen LogP contribution in [0.25, 0.3) is 0 Å². The molecular weight excluding hydrogens is 257 g/mol. The molecule has 0 fully saturated rings. The zero-order chi connectivity index (χ0) is 12.7. The van der Waals surface area contributed by atoms with E-state index in [1.807, 2.05) is 0 Å². The minimum atomic E-state index is 0.0900. The molecular formula is C13H15Cl2NO. The van der Waals surface area contributed by atoms with Gasteiger partial charge in [-0.3, -0.25) is 0 Å². The van der Waals surface area contributed by atoms with Crippen LogP contribution in [0, 0.1) is 12.3 Å². The highest BCUT2D eigenvalue weighted by atomic mass is 35.5. The minimum Gasteiger partial charge on any atom is -0.506 e. The lowest BCUT2D eigenvalue weighted by Gasteiger charge is -2.08. The van der Waals surface area contributed by atoms with Gasteiger partial charge in [0.15, 0.2) is 0 Å². The maximum atomic E-state index is 9.71. The molecule has 17 heavy (non-hydrogen) atoms. The predicted octanol–water partition coefficient (Wildman–Crippen LogP) is 3.59. The zero-order valence-electron chi connectivity index (χ0n) is 9.47. The van der Waals surface area contributed by atoms with Crippen molar-refractivity contribution in [2.45, 2.75) is 25.8 Å². The van der Waals surface area contributed by atoms with Gasteiger partial charge in [-0.1, -0.05) is 23.2 Å². The van der Waals surface area contributed by atoms with E-state index in [0.29, 0.717) is 17.1 Å². The summed E-state index contributed by atoms with van der Waals surface area (Å²) >= 11 is 11.7. The second-order valence-corrected chi connectivity index (χ2v) is 4.58. The van der Waals surface area contributed by atoms with Crippen molar-refractivity contribution in [3.05, 3.63) is 27.7 Å². The molecule has 0 bridgehead atoms. The molecule has 2 nitrogen and oxygen atoms in total. The van der Waals surface area contributed by atoms with Gasteiger partial charge in [0.05, 0.1) is 5.02 Å². The monoisotopic (exact) mass is 271 g/mol. The van der Waals surface area contributed by atoms with Gasteiger partial charge >= 0.3 is 0 Å². The summed E-state index contributed by atoms with van der Waals surface area (Å²) in [5.74, 6) is 2.69. The molecule has 0 unspecified atom stereocenters. The van der Waals surface area contributed by atoms with Crippen molar-refractivity contribution in [2.75, 3.05) is 6.54 Å². The molecule has 4 heteroatoms. The lowest BCUT2D eigenvalue weighted by molar-refractivity contribution is 0.464. The molecule has 92 valence electrons. The molecule has 0 aliphatic heterocycles. The zero-order valence-corrected chi connectivity index (χ0v) is 11.0. The third-order valence-corrected chi connectivity index (χ3v) is 2.85. The van der Waals surface area contributed by atoms with Crippen LogP contribution in [-0.2, 0) is 6.54 Å². The van der Waals surface area contributed by atoms with Crippen LogP contribution in [0.15, 0.2) is 12.1 Å². The summed E-state index contributed by atoms with van der Waals surface area (Å²) in [4.78, 5) is 0. The number of halogens is 2. The van der Waals surface area contributed by atoms with Crippen molar-refractivity contribution in [1.82, 2.24) is 5.32 Å². The SMILES string of the molecule is C#CCCCCNCc1cc(Cl)cc(Cl)c1O. The van der Waals surface area contributed by atoms with Gasteiger partial charge in [-0.25, -0.2) is 0 Å². The number of terminal acetylenes is 1. The van der Waals surface area contributed by atoms with Crippen molar-refractivity contribution in [3.8, 4) is 18.1 Å². The first kappa shape index (κ1) is 14.2. The highest BCUT2D eigenvalue weighted by molar-refractivity contribution is 6.35. The second-order valence-electron chi connectivity index (χ2n) is 3.73. The van der Waals surface area contributed by atoms with E-state index in [-0.39, 0.29) is 10.8 Å². The Hall–Kier alpha value is -0.880. The Morgan fingerprint density at radius 3 is 2.76 bits per heavy atom. The fourth-order valence-corrected chi connectivity index (χ4v) is 1.99. The number of phenols is 1. The maximum Gasteiger partial charge on any atom is 0.138 e. The van der Waals surface area contributed by atoms with Gasteiger partial charge in [0.2, 0.25) is 0 Å². The van der Waals surface area contributed by atoms with E-state index >= 15 is 0 Å². The molecule has 0 aliphatic rings. The van der Waals surface area contributed by atoms with Crippen molar-refractivity contribution in [3.63, 3.8) is 0 Å². The first-order valence-corrected chi connectivity index (χ1v) is 6.22. The second kappa shape index (κ2) is 7.45. The molecule has 0 amide bonds. The fourth-order valence-electron chi connectivity index (χ4n) is 1.45. The van der Waals surface area contributed by atoms with E-state index in [1.165, 1.54) is 6.07 Å². The van der Waals surface area contributed by atoms with Gasteiger partial charge in [0.1, 0.15) is 5.75 Å². The van der Waals surface area contributed by atoms with Crippen LogP contribution >= 0.6 is 23.2 Å². The fraction of sp³-hybridized carbons (Fsp3) is 0.385. The summed E-state index contributed by atoms with van der Waals surface area (Å²) in [6.07, 6.45) is 7.98. The van der Waals surface area contributed by atoms with Crippen LogP contribution < -0.4 is 5.32 Å². The third kappa shape index (κ3) is 4.87. The molecule has 0 spiro atoms. The Morgan fingerprint density at radius 2 is 2.06 bits per heavy atom. The highest BCUT2D eigenvalue weighted by Crippen LogP contribution is 2.30. The summed E-state index contributed by atoms with van der Waals surface area (Å²) in [5, 5.41) is 13.7. The smallest absolute Gasteiger partial charge is 0.138 e. The number of aromatic hydroxyl groups is 1. The van der Waals surface area contributed by atoms with Crippen LogP contribution in [0.2, 0.25) is 10.0 Å². The van der Waals surface area contributed by atoms with E-state index < -0.39 is 0 Å². The number of rotatable bonds is 6. The Kier molecular flexibility index (Phi) is 6.21. The van der Waals surface area contributed by atoms with E-state index in [1.54, 1.807) is 6.07 Å². The van der Waals surface area contributed by atoms with Gasteiger partial charge in [-0.15, -0.1) is 12.3 Å². The van der Waals surface area contributed by atoms with Crippen molar-refractivity contribution in [2.24, 2.45) is 0 Å². The Morgan fingerprint density at radius 1 is 1.29 bits per heavy atom. The quantitative estimate of drug-likeness (QED) is 0.612. The average molecular weight is 272 g/mol. The van der Waals surface area contributed by atoms with E-state index in [4.69, 9.17) is 29.6 Å². The highest BCUT2D eigenvalue weighted by Gasteiger charge is 2.07. The number of benzene rings is 1. The Bertz CT molecular complexity index is 413. The summed E-state index contributed by atoms with van der Waals surface area (Å²) < 4.78 is 0. The molecule has 0 aliphatic carbocycles. The average Bonchev–Trinajstić information content (AvgIpc) is 2.29. The maximum absolute atomic E-state index is 9.71. The molecule has 1 rings (SSSR count). The van der Waals surface area contributed by atoms with Gasteiger partial charge < -0.3 is 10.4 Å². The summed E-state index contributed by atoms with van der Waals surface area (Å²) in [7, 11) is 0. The van der Waals surface area contributed by atoms with Crippen LogP contribution in [0.3, 0.4) is 0 Å². The number of unbranched alkanes of at least 4 members (excludes halogenated alkanes) is 2. The molecule has 0 saturated heterocycles. The van der Waals surface area contributed by atoms with Gasteiger partial charge in [0, 0.05) is 23.6 Å². The number of nitrogens with one attached hydrogen (secondary N) is 1. The summed E-state index contributed by atoms with van der Waals surface area (Å²) in [5.41, 5.74) is 0.708. The first-order valence-electron chi connectivity index (χ1n) is 5.46. The van der Waals surface area contributed by atoms with Crippen LogP contribution in [0.4, 0.5) is 0 Å². The lowest BCUT2D eigenvalue weighted by atomic mass is 10.2. The largest absolute Gasteiger partial charge is 0.506 e. The van der Waals surface area contributed by atoms with Crippen molar-refractivity contribution >= 4 is 23.2 Å². The first-order chi connectivity index (χ1) is 8.15. The molecule has 0 heterocycles. The molecule has 0 aromatic heterocycles. The molecule has 1 aromatic rings. The summed E-state index contributed by atoms with van der Waals surface area (Å²) in [6.45, 7) is 1.40. The third-order valence-electron chi connectivity index (χ3n) is 2.35. The van der Waals surface area contributed by atoms with Gasteiger partial charge in [0.25, 0.3) is 0 Å². The molecule has 0 atom stereocenters.